The summed E-state index contributed by atoms with van der Waals surface area (Å²) >= 11 is 6.09. The molecule has 32 heavy (non-hydrogen) atoms. The van der Waals surface area contributed by atoms with Gasteiger partial charge in [-0.25, -0.2) is 0 Å². The van der Waals surface area contributed by atoms with E-state index in [0.717, 1.165) is 19.3 Å². The SMILES string of the molecule is O=C(CCN1C(=O)C2C3CCC(C3)C2C1=O)Nc1ccc(Cl)cc1C(=O)c1ccccc1. The quantitative estimate of drug-likeness (QED) is 0.534. The first kappa shape index (κ1) is 20.9. The maximum Gasteiger partial charge on any atom is 0.233 e. The first-order valence-corrected chi connectivity index (χ1v) is 11.4. The topological polar surface area (TPSA) is 83.6 Å². The van der Waals surface area contributed by atoms with E-state index < -0.39 is 0 Å². The molecule has 1 N–H and O–H groups in total. The first-order chi connectivity index (χ1) is 15.4. The normalized spacial score (nSPS) is 25.8. The highest BCUT2D eigenvalue weighted by molar-refractivity contribution is 6.31. The zero-order valence-electron chi connectivity index (χ0n) is 17.4. The Morgan fingerprint density at radius 1 is 0.969 bits per heavy atom. The maximum absolute atomic E-state index is 12.9. The van der Waals surface area contributed by atoms with Gasteiger partial charge in [0.2, 0.25) is 17.7 Å². The van der Waals surface area contributed by atoms with Crippen LogP contribution in [0.15, 0.2) is 48.5 Å². The number of rotatable bonds is 6. The molecule has 4 atom stereocenters. The van der Waals surface area contributed by atoms with Crippen LogP contribution in [-0.4, -0.2) is 34.9 Å². The Balaban J connectivity index is 1.27. The minimum atomic E-state index is -0.366. The molecule has 2 aliphatic carbocycles. The van der Waals surface area contributed by atoms with Crippen LogP contribution in [0.5, 0.6) is 0 Å². The molecular formula is C25H23ClN2O4. The molecule has 1 aliphatic heterocycles. The van der Waals surface area contributed by atoms with Gasteiger partial charge in [-0.1, -0.05) is 41.9 Å². The van der Waals surface area contributed by atoms with Crippen LogP contribution in [-0.2, 0) is 14.4 Å². The van der Waals surface area contributed by atoms with Crippen LogP contribution >= 0.6 is 11.6 Å². The molecule has 4 unspecified atom stereocenters. The second kappa shape index (κ2) is 8.17. The average molecular weight is 451 g/mol. The van der Waals surface area contributed by atoms with Gasteiger partial charge >= 0.3 is 0 Å². The van der Waals surface area contributed by atoms with E-state index in [4.69, 9.17) is 11.6 Å². The fourth-order valence-electron chi connectivity index (χ4n) is 5.68. The number of carbonyl (C=O) groups excluding carboxylic acids is 4. The number of benzene rings is 2. The van der Waals surface area contributed by atoms with E-state index in [1.54, 1.807) is 36.4 Å². The summed E-state index contributed by atoms with van der Waals surface area (Å²) in [6.07, 6.45) is 3.01. The predicted molar refractivity (Wildman–Crippen MR) is 119 cm³/mol. The molecule has 1 saturated heterocycles. The summed E-state index contributed by atoms with van der Waals surface area (Å²) in [5, 5.41) is 3.14. The molecule has 0 spiro atoms. The summed E-state index contributed by atoms with van der Waals surface area (Å²) in [5.41, 5.74) is 1.12. The average Bonchev–Trinajstić information content (AvgIpc) is 3.48. The summed E-state index contributed by atoms with van der Waals surface area (Å²) in [6, 6.07) is 13.5. The van der Waals surface area contributed by atoms with Crippen molar-refractivity contribution in [3.8, 4) is 0 Å². The Kier molecular flexibility index (Phi) is 5.33. The van der Waals surface area contributed by atoms with Crippen molar-refractivity contribution in [3.63, 3.8) is 0 Å². The van der Waals surface area contributed by atoms with E-state index in [1.807, 2.05) is 6.07 Å². The highest BCUT2D eigenvalue weighted by Crippen LogP contribution is 2.56. The maximum atomic E-state index is 12.9. The van der Waals surface area contributed by atoms with Gasteiger partial charge in [-0.2, -0.15) is 0 Å². The second-order valence-electron chi connectivity index (χ2n) is 8.90. The number of nitrogens with one attached hydrogen (secondary N) is 1. The van der Waals surface area contributed by atoms with Crippen molar-refractivity contribution in [2.75, 3.05) is 11.9 Å². The molecule has 2 saturated carbocycles. The Labute approximate surface area is 190 Å². The lowest BCUT2D eigenvalue weighted by Crippen LogP contribution is -2.35. The smallest absolute Gasteiger partial charge is 0.233 e. The van der Waals surface area contributed by atoms with Crippen molar-refractivity contribution in [1.82, 2.24) is 4.90 Å². The Hall–Kier alpha value is -2.99. The number of halogens is 1. The number of hydrogen-bond acceptors (Lipinski definition) is 4. The van der Waals surface area contributed by atoms with Gasteiger partial charge in [-0.3, -0.25) is 24.1 Å². The fourth-order valence-corrected chi connectivity index (χ4v) is 5.85. The lowest BCUT2D eigenvalue weighted by atomic mass is 9.81. The molecule has 2 bridgehead atoms. The number of carbonyl (C=O) groups is 4. The van der Waals surface area contributed by atoms with Gasteiger partial charge in [0.1, 0.15) is 0 Å². The lowest BCUT2D eigenvalue weighted by molar-refractivity contribution is -0.140. The third-order valence-electron chi connectivity index (χ3n) is 7.12. The number of amides is 3. The molecule has 2 aromatic rings. The Morgan fingerprint density at radius 3 is 2.28 bits per heavy atom. The van der Waals surface area contributed by atoms with Crippen molar-refractivity contribution >= 4 is 40.8 Å². The molecule has 3 amide bonds. The van der Waals surface area contributed by atoms with Crippen LogP contribution in [0.1, 0.15) is 41.6 Å². The van der Waals surface area contributed by atoms with Gasteiger partial charge in [-0.15, -0.1) is 0 Å². The van der Waals surface area contributed by atoms with Crippen LogP contribution in [0, 0.1) is 23.7 Å². The monoisotopic (exact) mass is 450 g/mol. The molecule has 0 aromatic heterocycles. The number of ketones is 1. The van der Waals surface area contributed by atoms with Crippen molar-refractivity contribution in [2.45, 2.75) is 25.7 Å². The number of hydrogen-bond donors (Lipinski definition) is 1. The molecule has 1 heterocycles. The van der Waals surface area contributed by atoms with Gasteiger partial charge in [0, 0.05) is 29.1 Å². The molecule has 3 fully saturated rings. The molecule has 2 aromatic carbocycles. The highest BCUT2D eigenvalue weighted by Gasteiger charge is 2.60. The van der Waals surface area contributed by atoms with Gasteiger partial charge in [0.15, 0.2) is 5.78 Å². The van der Waals surface area contributed by atoms with E-state index in [-0.39, 0.29) is 53.9 Å². The summed E-state index contributed by atoms with van der Waals surface area (Å²) in [4.78, 5) is 52.5. The van der Waals surface area contributed by atoms with E-state index in [9.17, 15) is 19.2 Å². The van der Waals surface area contributed by atoms with E-state index in [0.29, 0.717) is 28.1 Å². The van der Waals surface area contributed by atoms with Crippen molar-refractivity contribution in [1.29, 1.82) is 0 Å². The van der Waals surface area contributed by atoms with Crippen molar-refractivity contribution < 1.29 is 19.2 Å². The summed E-state index contributed by atoms with van der Waals surface area (Å²) in [5.74, 6) is -0.585. The zero-order chi connectivity index (χ0) is 22.4. The number of anilines is 1. The third-order valence-corrected chi connectivity index (χ3v) is 7.35. The summed E-state index contributed by atoms with van der Waals surface area (Å²) in [7, 11) is 0. The highest BCUT2D eigenvalue weighted by atomic mass is 35.5. The Bertz CT molecular complexity index is 1090. The second-order valence-corrected chi connectivity index (χ2v) is 9.33. The largest absolute Gasteiger partial charge is 0.325 e. The van der Waals surface area contributed by atoms with Crippen LogP contribution < -0.4 is 5.32 Å². The third kappa shape index (κ3) is 3.52. The van der Waals surface area contributed by atoms with Crippen LogP contribution in [0.4, 0.5) is 5.69 Å². The van der Waals surface area contributed by atoms with Crippen LogP contribution in [0.25, 0.3) is 0 Å². The van der Waals surface area contributed by atoms with Gasteiger partial charge < -0.3 is 5.32 Å². The van der Waals surface area contributed by atoms with Crippen molar-refractivity contribution in [2.24, 2.45) is 23.7 Å². The number of fused-ring (bicyclic) bond motifs is 5. The number of nitrogens with zero attached hydrogens (tertiary/aromatic N) is 1. The van der Waals surface area contributed by atoms with Gasteiger partial charge in [0.25, 0.3) is 0 Å². The summed E-state index contributed by atoms with van der Waals surface area (Å²) < 4.78 is 0. The molecule has 6 nitrogen and oxygen atoms in total. The van der Waals surface area contributed by atoms with Gasteiger partial charge in [-0.05, 0) is 49.3 Å². The standard InChI is InChI=1S/C25H23ClN2O4/c26-17-8-9-19(18(13-17)23(30)14-4-2-1-3-5-14)27-20(29)10-11-28-24(31)21-15-6-7-16(12-15)22(21)25(28)32/h1-5,8-9,13,15-16,21-22H,6-7,10-12H2,(H,27,29). The van der Waals surface area contributed by atoms with Crippen LogP contribution in [0.3, 0.4) is 0 Å². The van der Waals surface area contributed by atoms with E-state index >= 15 is 0 Å². The summed E-state index contributed by atoms with van der Waals surface area (Å²) in [6.45, 7) is 0.0610. The number of imide groups is 1. The Morgan fingerprint density at radius 2 is 1.62 bits per heavy atom. The van der Waals surface area contributed by atoms with E-state index in [1.165, 1.54) is 11.0 Å². The molecule has 0 radical (unpaired) electrons. The van der Waals surface area contributed by atoms with Crippen molar-refractivity contribution in [3.05, 3.63) is 64.7 Å². The molecule has 7 heteroatoms. The minimum absolute atomic E-state index is 0.0200. The molecule has 5 rings (SSSR count). The lowest BCUT2D eigenvalue weighted by Gasteiger charge is -2.19. The van der Waals surface area contributed by atoms with Gasteiger partial charge in [0.05, 0.1) is 17.5 Å². The minimum Gasteiger partial charge on any atom is -0.325 e. The first-order valence-electron chi connectivity index (χ1n) is 11.0. The molecule has 164 valence electrons. The molecule has 3 aliphatic rings. The number of likely N-dealkylation sites (tertiary alicyclic amines) is 1. The van der Waals surface area contributed by atoms with E-state index in [2.05, 4.69) is 5.32 Å². The molecular weight excluding hydrogens is 428 g/mol. The zero-order valence-corrected chi connectivity index (χ0v) is 18.2. The predicted octanol–water partition coefficient (Wildman–Crippen LogP) is 3.93. The fraction of sp³-hybridized carbons (Fsp3) is 0.360. The van der Waals surface area contributed by atoms with Crippen LogP contribution in [0.2, 0.25) is 5.02 Å².